The Morgan fingerprint density at radius 1 is 0.862 bits per heavy atom. The smallest absolute Gasteiger partial charge is 0.191 e. The van der Waals surface area contributed by atoms with Crippen LogP contribution in [0.1, 0.15) is 35.8 Å². The van der Waals surface area contributed by atoms with Crippen molar-refractivity contribution in [1.82, 2.24) is 0 Å². The SMILES string of the molecule is N#CC1=C(N)C(C#N)(C#N)[C@H](c2ccccc2)[C@@H]2C[C@H](c3ccccc3)CC=C12. The highest BCUT2D eigenvalue weighted by molar-refractivity contribution is 5.59. The van der Waals surface area contributed by atoms with Gasteiger partial charge >= 0.3 is 0 Å². The van der Waals surface area contributed by atoms with Crippen LogP contribution < -0.4 is 5.73 Å². The molecular weight excluding hydrogens is 356 g/mol. The first-order valence-corrected chi connectivity index (χ1v) is 9.69. The second kappa shape index (κ2) is 7.31. The third-order valence-corrected chi connectivity index (χ3v) is 6.31. The van der Waals surface area contributed by atoms with Crippen molar-refractivity contribution in [3.63, 3.8) is 0 Å². The maximum Gasteiger partial charge on any atom is 0.191 e. The van der Waals surface area contributed by atoms with Crippen LogP contribution in [0.3, 0.4) is 0 Å². The molecule has 2 N–H and O–H groups in total. The van der Waals surface area contributed by atoms with Crippen LogP contribution in [0.25, 0.3) is 0 Å². The number of hydrogen-bond donors (Lipinski definition) is 1. The van der Waals surface area contributed by atoms with Crippen molar-refractivity contribution >= 4 is 0 Å². The molecule has 2 aliphatic carbocycles. The normalized spacial score (nSPS) is 25.0. The molecule has 0 bridgehead atoms. The highest BCUT2D eigenvalue weighted by atomic mass is 14.7. The fraction of sp³-hybridized carbons (Fsp3) is 0.240. The molecule has 2 aliphatic rings. The average molecular weight is 376 g/mol. The number of nitrogens with two attached hydrogens (primary N) is 1. The molecule has 0 aromatic heterocycles. The lowest BCUT2D eigenvalue weighted by atomic mass is 9.55. The Hall–Kier alpha value is -3.81. The molecule has 0 amide bonds. The number of rotatable bonds is 2. The van der Waals surface area contributed by atoms with Gasteiger partial charge in [-0.2, -0.15) is 15.8 Å². The van der Waals surface area contributed by atoms with Crippen LogP contribution in [-0.4, -0.2) is 0 Å². The molecule has 2 aromatic rings. The molecule has 3 atom stereocenters. The second-order valence-corrected chi connectivity index (χ2v) is 7.67. The summed E-state index contributed by atoms with van der Waals surface area (Å²) in [6.07, 6.45) is 3.66. The van der Waals surface area contributed by atoms with E-state index in [0.29, 0.717) is 5.57 Å². The molecule has 0 fully saturated rings. The monoisotopic (exact) mass is 376 g/mol. The molecule has 4 heteroatoms. The van der Waals surface area contributed by atoms with Crippen molar-refractivity contribution in [1.29, 1.82) is 15.8 Å². The fourth-order valence-electron chi connectivity index (χ4n) is 4.92. The van der Waals surface area contributed by atoms with Gasteiger partial charge in [0.15, 0.2) is 5.41 Å². The van der Waals surface area contributed by atoms with Gasteiger partial charge in [-0.3, -0.25) is 0 Å². The molecule has 0 aliphatic heterocycles. The Bertz CT molecular complexity index is 1090. The molecule has 0 spiro atoms. The summed E-state index contributed by atoms with van der Waals surface area (Å²) < 4.78 is 0. The zero-order valence-corrected chi connectivity index (χ0v) is 15.9. The van der Waals surface area contributed by atoms with Gasteiger partial charge in [0.25, 0.3) is 0 Å². The van der Waals surface area contributed by atoms with Gasteiger partial charge in [0.1, 0.15) is 6.07 Å². The lowest BCUT2D eigenvalue weighted by Crippen LogP contribution is -2.43. The van der Waals surface area contributed by atoms with E-state index >= 15 is 0 Å². The Morgan fingerprint density at radius 3 is 2.00 bits per heavy atom. The van der Waals surface area contributed by atoms with Crippen molar-refractivity contribution < 1.29 is 0 Å². The van der Waals surface area contributed by atoms with Crippen molar-refractivity contribution in [2.75, 3.05) is 0 Å². The van der Waals surface area contributed by atoms with Crippen LogP contribution in [0, 0.1) is 45.3 Å². The van der Waals surface area contributed by atoms with Crippen molar-refractivity contribution in [2.24, 2.45) is 17.1 Å². The maximum atomic E-state index is 10.1. The molecule has 0 heterocycles. The van der Waals surface area contributed by atoms with E-state index in [0.717, 1.165) is 24.0 Å². The van der Waals surface area contributed by atoms with Crippen LogP contribution in [0.5, 0.6) is 0 Å². The summed E-state index contributed by atoms with van der Waals surface area (Å²) in [5, 5.41) is 30.0. The Kier molecular flexibility index (Phi) is 4.67. The average Bonchev–Trinajstić information content (AvgIpc) is 2.79. The lowest BCUT2D eigenvalue weighted by molar-refractivity contribution is 0.303. The molecular formula is C25H20N4. The summed E-state index contributed by atoms with van der Waals surface area (Å²) in [5.74, 6) is -0.281. The topological polar surface area (TPSA) is 97.4 Å². The summed E-state index contributed by atoms with van der Waals surface area (Å²) >= 11 is 0. The number of nitrogens with zero attached hydrogens (tertiary/aromatic N) is 3. The van der Waals surface area contributed by atoms with Crippen LogP contribution in [-0.2, 0) is 0 Å². The fourth-order valence-corrected chi connectivity index (χ4v) is 4.92. The van der Waals surface area contributed by atoms with E-state index in [1.54, 1.807) is 0 Å². The van der Waals surface area contributed by atoms with E-state index < -0.39 is 11.3 Å². The van der Waals surface area contributed by atoms with Gasteiger partial charge in [-0.25, -0.2) is 0 Å². The minimum atomic E-state index is -1.56. The Labute approximate surface area is 170 Å². The van der Waals surface area contributed by atoms with E-state index in [1.165, 1.54) is 5.56 Å². The van der Waals surface area contributed by atoms with Gasteiger partial charge in [-0.05, 0) is 41.4 Å². The van der Waals surface area contributed by atoms with Gasteiger partial charge < -0.3 is 5.73 Å². The third-order valence-electron chi connectivity index (χ3n) is 6.31. The molecule has 0 saturated heterocycles. The number of benzene rings is 2. The summed E-state index contributed by atoms with van der Waals surface area (Å²) in [4.78, 5) is 0. The van der Waals surface area contributed by atoms with Gasteiger partial charge in [0, 0.05) is 5.92 Å². The quantitative estimate of drug-likeness (QED) is 0.823. The minimum absolute atomic E-state index is 0.0829. The second-order valence-electron chi connectivity index (χ2n) is 7.67. The van der Waals surface area contributed by atoms with E-state index in [9.17, 15) is 15.8 Å². The highest BCUT2D eigenvalue weighted by Crippen LogP contribution is 2.57. The van der Waals surface area contributed by atoms with Crippen molar-refractivity contribution in [2.45, 2.75) is 24.7 Å². The van der Waals surface area contributed by atoms with Crippen LogP contribution >= 0.6 is 0 Å². The number of allylic oxidation sites excluding steroid dienone is 4. The third kappa shape index (κ3) is 2.80. The lowest BCUT2D eigenvalue weighted by Gasteiger charge is -2.45. The first kappa shape index (κ1) is 18.5. The Balaban J connectivity index is 1.93. The van der Waals surface area contributed by atoms with E-state index in [4.69, 9.17) is 5.73 Å². The molecule has 140 valence electrons. The van der Waals surface area contributed by atoms with Crippen LogP contribution in [0.4, 0.5) is 0 Å². The number of nitriles is 3. The molecule has 0 saturated carbocycles. The molecule has 2 aromatic carbocycles. The van der Waals surface area contributed by atoms with Gasteiger partial charge in [0.05, 0.1) is 23.4 Å². The summed E-state index contributed by atoms with van der Waals surface area (Å²) in [6, 6.07) is 26.5. The minimum Gasteiger partial charge on any atom is -0.399 e. The standard InChI is InChI=1S/C25H20N4/c26-14-22-20-12-11-19(17-7-3-1-4-8-17)13-21(20)23(18-9-5-2-6-10-18)25(15-27,16-28)24(22)29/h1-10,12,19,21,23H,11,13,29H2/t19-,21-,23-/m1/s1. The molecule has 4 nitrogen and oxygen atoms in total. The summed E-state index contributed by atoms with van der Waals surface area (Å²) in [7, 11) is 0. The van der Waals surface area contributed by atoms with E-state index in [2.05, 4.69) is 36.4 Å². The predicted octanol–water partition coefficient (Wildman–Crippen LogP) is 4.67. The predicted molar refractivity (Wildman–Crippen MR) is 110 cm³/mol. The van der Waals surface area contributed by atoms with Crippen LogP contribution in [0.15, 0.2) is 83.6 Å². The highest BCUT2D eigenvalue weighted by Gasteiger charge is 2.54. The first-order valence-electron chi connectivity index (χ1n) is 9.69. The maximum absolute atomic E-state index is 10.1. The van der Waals surface area contributed by atoms with Gasteiger partial charge in [-0.1, -0.05) is 66.7 Å². The zero-order chi connectivity index (χ0) is 20.4. The molecule has 0 unspecified atom stereocenters. The number of hydrogen-bond acceptors (Lipinski definition) is 4. The van der Waals surface area contributed by atoms with E-state index in [-0.39, 0.29) is 17.5 Å². The van der Waals surface area contributed by atoms with Crippen molar-refractivity contribution in [3.8, 4) is 18.2 Å². The van der Waals surface area contributed by atoms with E-state index in [1.807, 2.05) is 48.5 Å². The summed E-state index contributed by atoms with van der Waals surface area (Å²) in [5.41, 5.74) is 8.18. The first-order chi connectivity index (χ1) is 14.2. The van der Waals surface area contributed by atoms with Crippen LogP contribution in [0.2, 0.25) is 0 Å². The molecule has 29 heavy (non-hydrogen) atoms. The van der Waals surface area contributed by atoms with Crippen molar-refractivity contribution in [3.05, 3.63) is 94.7 Å². The van der Waals surface area contributed by atoms with Gasteiger partial charge in [0.2, 0.25) is 0 Å². The Morgan fingerprint density at radius 2 is 1.45 bits per heavy atom. The number of fused-ring (bicyclic) bond motifs is 1. The zero-order valence-electron chi connectivity index (χ0n) is 15.9. The largest absolute Gasteiger partial charge is 0.399 e. The van der Waals surface area contributed by atoms with Gasteiger partial charge in [-0.15, -0.1) is 0 Å². The summed E-state index contributed by atoms with van der Waals surface area (Å²) in [6.45, 7) is 0. The molecule has 4 rings (SSSR count). The molecule has 0 radical (unpaired) electrons.